The molecule has 2 aromatic heterocycles. The summed E-state index contributed by atoms with van der Waals surface area (Å²) in [5.74, 6) is -0.455. The Labute approximate surface area is 152 Å². The van der Waals surface area contributed by atoms with Gasteiger partial charge in [-0.05, 0) is 31.5 Å². The molecule has 9 heteroatoms. The number of nitrogen functional groups attached to an aromatic ring is 1. The molecule has 6 nitrogen and oxygen atoms in total. The van der Waals surface area contributed by atoms with Crippen LogP contribution in [0, 0.1) is 13.8 Å². The van der Waals surface area contributed by atoms with Gasteiger partial charge in [0.25, 0.3) is 5.91 Å². The van der Waals surface area contributed by atoms with E-state index in [1.807, 2.05) is 0 Å². The first-order chi connectivity index (χ1) is 12.6. The SMILES string of the molecule is COc1ccc(C)c(-n2c(N)c(C(N)=O)c3cc(C(F)(F)F)cnc32)c1C. The van der Waals surface area contributed by atoms with Crippen molar-refractivity contribution in [3.05, 3.63) is 46.6 Å². The van der Waals surface area contributed by atoms with Gasteiger partial charge in [0.05, 0.1) is 23.9 Å². The summed E-state index contributed by atoms with van der Waals surface area (Å²) in [5.41, 5.74) is 12.5. The fraction of sp³-hybridized carbons (Fsp3) is 0.222. The maximum atomic E-state index is 13.1. The Morgan fingerprint density at radius 2 is 1.93 bits per heavy atom. The second-order valence-electron chi connectivity index (χ2n) is 6.11. The van der Waals surface area contributed by atoms with Crippen LogP contribution in [-0.4, -0.2) is 22.6 Å². The predicted molar refractivity (Wildman–Crippen MR) is 95.0 cm³/mol. The van der Waals surface area contributed by atoms with E-state index in [1.165, 1.54) is 11.7 Å². The second kappa shape index (κ2) is 6.19. The molecule has 0 atom stereocenters. The molecule has 0 aliphatic carbocycles. The van der Waals surface area contributed by atoms with Crippen LogP contribution >= 0.6 is 0 Å². The fourth-order valence-corrected chi connectivity index (χ4v) is 3.21. The van der Waals surface area contributed by atoms with Crippen molar-refractivity contribution in [3.8, 4) is 11.4 Å². The van der Waals surface area contributed by atoms with Crippen molar-refractivity contribution in [2.75, 3.05) is 12.8 Å². The number of fused-ring (bicyclic) bond motifs is 1. The van der Waals surface area contributed by atoms with Gasteiger partial charge in [-0.15, -0.1) is 0 Å². The first-order valence-corrected chi connectivity index (χ1v) is 7.89. The third-order valence-corrected chi connectivity index (χ3v) is 4.45. The number of aromatic nitrogens is 2. The van der Waals surface area contributed by atoms with E-state index < -0.39 is 17.6 Å². The predicted octanol–water partition coefficient (Wildman–Crippen LogP) is 3.35. The number of nitrogens with two attached hydrogens (primary N) is 2. The van der Waals surface area contributed by atoms with Crippen LogP contribution < -0.4 is 16.2 Å². The number of carbonyl (C=O) groups excluding carboxylic acids is 1. The number of hydrogen-bond acceptors (Lipinski definition) is 4. The number of ether oxygens (including phenoxy) is 1. The van der Waals surface area contributed by atoms with E-state index in [2.05, 4.69) is 4.98 Å². The van der Waals surface area contributed by atoms with Crippen molar-refractivity contribution in [2.24, 2.45) is 5.73 Å². The van der Waals surface area contributed by atoms with Gasteiger partial charge in [-0.25, -0.2) is 4.98 Å². The summed E-state index contributed by atoms with van der Waals surface area (Å²) < 4.78 is 46.0. The van der Waals surface area contributed by atoms with Gasteiger partial charge >= 0.3 is 6.18 Å². The molecule has 27 heavy (non-hydrogen) atoms. The summed E-state index contributed by atoms with van der Waals surface area (Å²) in [6.45, 7) is 3.58. The van der Waals surface area contributed by atoms with E-state index in [4.69, 9.17) is 16.2 Å². The van der Waals surface area contributed by atoms with E-state index >= 15 is 0 Å². The summed E-state index contributed by atoms with van der Waals surface area (Å²) in [6.07, 6.45) is -3.91. The number of nitrogens with zero attached hydrogens (tertiary/aromatic N) is 2. The van der Waals surface area contributed by atoms with Gasteiger partial charge in [0.2, 0.25) is 0 Å². The molecule has 2 heterocycles. The topological polar surface area (TPSA) is 96.2 Å². The normalized spacial score (nSPS) is 11.8. The molecule has 0 fully saturated rings. The second-order valence-corrected chi connectivity index (χ2v) is 6.11. The molecule has 0 saturated heterocycles. The minimum atomic E-state index is -4.62. The molecule has 142 valence electrons. The standard InChI is InChI=1S/C18H17F3N4O2/c1-8-4-5-12(27-3)9(2)14(8)25-15(22)13(16(23)26)11-6-10(18(19,20)21)7-24-17(11)25/h4-7H,22H2,1-3H3,(H2,23,26). The zero-order valence-electron chi connectivity index (χ0n) is 14.8. The van der Waals surface area contributed by atoms with Crippen LogP contribution in [0.2, 0.25) is 0 Å². The number of anilines is 1. The van der Waals surface area contributed by atoms with Crippen LogP contribution in [0.1, 0.15) is 27.0 Å². The first kappa shape index (κ1) is 18.6. The maximum absolute atomic E-state index is 13.1. The van der Waals surface area contributed by atoms with Gasteiger partial charge in [0.15, 0.2) is 0 Å². The van der Waals surface area contributed by atoms with Crippen molar-refractivity contribution >= 4 is 22.8 Å². The average Bonchev–Trinajstić information content (AvgIpc) is 2.86. The minimum absolute atomic E-state index is 0.0588. The van der Waals surface area contributed by atoms with Gasteiger partial charge in [-0.1, -0.05) is 6.07 Å². The Morgan fingerprint density at radius 3 is 2.48 bits per heavy atom. The highest BCUT2D eigenvalue weighted by molar-refractivity contribution is 6.11. The van der Waals surface area contributed by atoms with Crippen molar-refractivity contribution < 1.29 is 22.7 Å². The molecule has 1 amide bonds. The Bertz CT molecular complexity index is 1070. The van der Waals surface area contributed by atoms with Crippen molar-refractivity contribution in [1.29, 1.82) is 0 Å². The molecule has 0 aliphatic rings. The zero-order chi connectivity index (χ0) is 20.1. The molecule has 0 spiro atoms. The van der Waals surface area contributed by atoms with Gasteiger partial charge in [0, 0.05) is 17.1 Å². The number of alkyl halides is 3. The number of amides is 1. The molecular formula is C18H17F3N4O2. The molecule has 0 radical (unpaired) electrons. The lowest BCUT2D eigenvalue weighted by Gasteiger charge is -2.16. The number of benzene rings is 1. The number of methoxy groups -OCH3 is 1. The van der Waals surface area contributed by atoms with E-state index in [9.17, 15) is 18.0 Å². The molecule has 1 aromatic carbocycles. The van der Waals surface area contributed by atoms with E-state index in [0.29, 0.717) is 23.2 Å². The third-order valence-electron chi connectivity index (χ3n) is 4.45. The number of carbonyl (C=O) groups is 1. The lowest BCUT2D eigenvalue weighted by atomic mass is 10.1. The number of aryl methyl sites for hydroxylation is 1. The number of halogens is 3. The van der Waals surface area contributed by atoms with Crippen LogP contribution in [0.5, 0.6) is 5.75 Å². The van der Waals surface area contributed by atoms with Crippen LogP contribution in [0.4, 0.5) is 19.0 Å². The van der Waals surface area contributed by atoms with Crippen LogP contribution in [0.15, 0.2) is 24.4 Å². The van der Waals surface area contributed by atoms with Crippen molar-refractivity contribution in [2.45, 2.75) is 20.0 Å². The Balaban J connectivity index is 2.46. The molecule has 4 N–H and O–H groups in total. The fourth-order valence-electron chi connectivity index (χ4n) is 3.21. The summed E-state index contributed by atoms with van der Waals surface area (Å²) in [6, 6.07) is 4.38. The number of pyridine rings is 1. The molecule has 0 saturated carbocycles. The summed E-state index contributed by atoms with van der Waals surface area (Å²) in [4.78, 5) is 15.9. The summed E-state index contributed by atoms with van der Waals surface area (Å²) >= 11 is 0. The van der Waals surface area contributed by atoms with Crippen LogP contribution in [0.25, 0.3) is 16.7 Å². The van der Waals surface area contributed by atoms with Crippen molar-refractivity contribution in [3.63, 3.8) is 0 Å². The van der Waals surface area contributed by atoms with E-state index in [0.717, 1.165) is 11.6 Å². The molecular weight excluding hydrogens is 361 g/mol. The molecule has 0 unspecified atom stereocenters. The molecule has 3 aromatic rings. The lowest BCUT2D eigenvalue weighted by Crippen LogP contribution is -2.14. The Hall–Kier alpha value is -3.23. The van der Waals surface area contributed by atoms with E-state index in [1.54, 1.807) is 26.0 Å². The molecule has 0 bridgehead atoms. The van der Waals surface area contributed by atoms with E-state index in [-0.39, 0.29) is 22.4 Å². The van der Waals surface area contributed by atoms with Gasteiger partial charge in [-0.2, -0.15) is 13.2 Å². The largest absolute Gasteiger partial charge is 0.496 e. The quantitative estimate of drug-likeness (QED) is 0.730. The number of hydrogen-bond donors (Lipinski definition) is 2. The number of primary amides is 1. The van der Waals surface area contributed by atoms with Gasteiger partial charge in [-0.3, -0.25) is 9.36 Å². The molecule has 3 rings (SSSR count). The lowest BCUT2D eigenvalue weighted by molar-refractivity contribution is -0.137. The summed E-state index contributed by atoms with van der Waals surface area (Å²) in [5, 5.41) is -0.0588. The molecule has 0 aliphatic heterocycles. The summed E-state index contributed by atoms with van der Waals surface area (Å²) in [7, 11) is 1.50. The van der Waals surface area contributed by atoms with Crippen molar-refractivity contribution in [1.82, 2.24) is 9.55 Å². The zero-order valence-corrected chi connectivity index (χ0v) is 14.8. The highest BCUT2D eigenvalue weighted by Gasteiger charge is 2.33. The average molecular weight is 378 g/mol. The Kier molecular flexibility index (Phi) is 4.25. The minimum Gasteiger partial charge on any atom is -0.496 e. The highest BCUT2D eigenvalue weighted by atomic mass is 19.4. The smallest absolute Gasteiger partial charge is 0.417 e. The monoisotopic (exact) mass is 378 g/mol. The maximum Gasteiger partial charge on any atom is 0.417 e. The Morgan fingerprint density at radius 1 is 1.26 bits per heavy atom. The van der Waals surface area contributed by atoms with Gasteiger partial charge in [0.1, 0.15) is 17.2 Å². The first-order valence-electron chi connectivity index (χ1n) is 7.89. The van der Waals surface area contributed by atoms with Gasteiger partial charge < -0.3 is 16.2 Å². The number of rotatable bonds is 3. The van der Waals surface area contributed by atoms with Crippen LogP contribution in [-0.2, 0) is 6.18 Å². The third kappa shape index (κ3) is 2.84. The van der Waals surface area contributed by atoms with Crippen LogP contribution in [0.3, 0.4) is 0 Å². The highest BCUT2D eigenvalue weighted by Crippen LogP contribution is 2.38.